The molecular weight excluding hydrogens is 264 g/mol. The first kappa shape index (κ1) is 15.2. The van der Waals surface area contributed by atoms with Gasteiger partial charge in [-0.1, -0.05) is 30.3 Å². The van der Waals surface area contributed by atoms with E-state index in [1.807, 2.05) is 11.3 Å². The van der Waals surface area contributed by atoms with Crippen LogP contribution >= 0.6 is 11.3 Å². The van der Waals surface area contributed by atoms with Crippen LogP contribution in [-0.2, 0) is 6.54 Å². The fourth-order valence-corrected chi connectivity index (χ4v) is 2.84. The molecule has 2 rings (SSSR count). The summed E-state index contributed by atoms with van der Waals surface area (Å²) < 4.78 is 0. The maximum atomic E-state index is 3.52. The van der Waals surface area contributed by atoms with Gasteiger partial charge in [-0.2, -0.15) is 0 Å². The van der Waals surface area contributed by atoms with Crippen molar-refractivity contribution in [1.29, 1.82) is 0 Å². The SMILES string of the molecule is CC(C)N(C)CCNCc1cc(-c2ccccc2)cs1. The van der Waals surface area contributed by atoms with Gasteiger partial charge in [-0.15, -0.1) is 11.3 Å². The first-order valence-corrected chi connectivity index (χ1v) is 8.08. The Kier molecular flexibility index (Phi) is 5.77. The molecule has 0 saturated carbocycles. The Hall–Kier alpha value is -1.16. The summed E-state index contributed by atoms with van der Waals surface area (Å²) in [5.74, 6) is 0. The Morgan fingerprint density at radius 2 is 1.90 bits per heavy atom. The number of hydrogen-bond donors (Lipinski definition) is 1. The van der Waals surface area contributed by atoms with Crippen LogP contribution in [0.1, 0.15) is 18.7 Å². The van der Waals surface area contributed by atoms with Crippen LogP contribution in [0.4, 0.5) is 0 Å². The molecule has 0 amide bonds. The van der Waals surface area contributed by atoms with Crippen LogP contribution < -0.4 is 5.32 Å². The zero-order chi connectivity index (χ0) is 14.4. The Bertz CT molecular complexity index is 505. The van der Waals surface area contributed by atoms with Crippen LogP contribution in [0, 0.1) is 0 Å². The third-order valence-corrected chi connectivity index (χ3v) is 4.52. The van der Waals surface area contributed by atoms with Crippen molar-refractivity contribution in [2.75, 3.05) is 20.1 Å². The highest BCUT2D eigenvalue weighted by Gasteiger charge is 2.04. The van der Waals surface area contributed by atoms with Crippen molar-refractivity contribution < 1.29 is 0 Å². The minimum Gasteiger partial charge on any atom is -0.311 e. The summed E-state index contributed by atoms with van der Waals surface area (Å²) >= 11 is 1.83. The highest BCUT2D eigenvalue weighted by molar-refractivity contribution is 7.10. The zero-order valence-corrected chi connectivity index (χ0v) is 13.4. The van der Waals surface area contributed by atoms with Gasteiger partial charge in [0.1, 0.15) is 0 Å². The maximum Gasteiger partial charge on any atom is 0.0300 e. The van der Waals surface area contributed by atoms with E-state index in [0.29, 0.717) is 6.04 Å². The van der Waals surface area contributed by atoms with E-state index in [1.165, 1.54) is 16.0 Å². The van der Waals surface area contributed by atoms with Crippen molar-refractivity contribution >= 4 is 11.3 Å². The van der Waals surface area contributed by atoms with Gasteiger partial charge < -0.3 is 10.2 Å². The topological polar surface area (TPSA) is 15.3 Å². The Labute approximate surface area is 126 Å². The number of rotatable bonds is 7. The van der Waals surface area contributed by atoms with Crippen LogP contribution in [0.5, 0.6) is 0 Å². The standard InChI is InChI=1S/C17H24N2S/c1-14(2)19(3)10-9-18-12-17-11-16(13-20-17)15-7-5-4-6-8-15/h4-8,11,13-14,18H,9-10,12H2,1-3H3. The van der Waals surface area contributed by atoms with Crippen LogP contribution in [0.25, 0.3) is 11.1 Å². The lowest BCUT2D eigenvalue weighted by atomic mass is 10.1. The first-order valence-electron chi connectivity index (χ1n) is 7.20. The smallest absolute Gasteiger partial charge is 0.0300 e. The highest BCUT2D eigenvalue weighted by Crippen LogP contribution is 2.25. The van der Waals surface area contributed by atoms with E-state index < -0.39 is 0 Å². The average Bonchev–Trinajstić information content (AvgIpc) is 2.93. The van der Waals surface area contributed by atoms with Gasteiger partial charge in [0.2, 0.25) is 0 Å². The van der Waals surface area contributed by atoms with Gasteiger partial charge in [-0.05, 0) is 43.5 Å². The summed E-state index contributed by atoms with van der Waals surface area (Å²) in [5.41, 5.74) is 2.63. The number of nitrogens with one attached hydrogen (secondary N) is 1. The molecule has 1 N–H and O–H groups in total. The molecule has 1 heterocycles. The third-order valence-electron chi connectivity index (χ3n) is 3.58. The van der Waals surface area contributed by atoms with Crippen LogP contribution in [0.15, 0.2) is 41.8 Å². The molecule has 0 atom stereocenters. The summed E-state index contributed by atoms with van der Waals surface area (Å²) in [6, 6.07) is 13.5. The molecule has 0 saturated heterocycles. The van der Waals surface area contributed by atoms with Gasteiger partial charge in [0.25, 0.3) is 0 Å². The van der Waals surface area contributed by atoms with E-state index >= 15 is 0 Å². The molecule has 0 fully saturated rings. The van der Waals surface area contributed by atoms with Gasteiger partial charge in [0.05, 0.1) is 0 Å². The lowest BCUT2D eigenvalue weighted by Gasteiger charge is -2.20. The Morgan fingerprint density at radius 1 is 1.15 bits per heavy atom. The van der Waals surface area contributed by atoms with E-state index in [1.54, 1.807) is 0 Å². The van der Waals surface area contributed by atoms with E-state index in [0.717, 1.165) is 19.6 Å². The minimum absolute atomic E-state index is 0.614. The van der Waals surface area contributed by atoms with Crippen LogP contribution in [0.2, 0.25) is 0 Å². The molecule has 0 aliphatic rings. The highest BCUT2D eigenvalue weighted by atomic mass is 32.1. The predicted octanol–water partition coefficient (Wildman–Crippen LogP) is 3.84. The second-order valence-electron chi connectivity index (χ2n) is 5.42. The average molecular weight is 288 g/mol. The summed E-state index contributed by atoms with van der Waals surface area (Å²) in [5, 5.41) is 5.76. The van der Waals surface area contributed by atoms with Crippen molar-refractivity contribution in [2.45, 2.75) is 26.4 Å². The van der Waals surface area contributed by atoms with Gasteiger partial charge in [-0.3, -0.25) is 0 Å². The van der Waals surface area contributed by atoms with Gasteiger partial charge in [0, 0.05) is 30.6 Å². The summed E-state index contributed by atoms with van der Waals surface area (Å²) in [7, 11) is 2.17. The summed E-state index contributed by atoms with van der Waals surface area (Å²) in [6.45, 7) is 7.54. The van der Waals surface area contributed by atoms with Crippen molar-refractivity contribution in [3.8, 4) is 11.1 Å². The molecule has 1 aromatic carbocycles. The van der Waals surface area contributed by atoms with E-state index in [4.69, 9.17) is 0 Å². The lowest BCUT2D eigenvalue weighted by molar-refractivity contribution is 0.273. The molecule has 3 heteroatoms. The number of thiophene rings is 1. The fourth-order valence-electron chi connectivity index (χ4n) is 1.98. The molecule has 0 aliphatic heterocycles. The normalized spacial score (nSPS) is 11.4. The van der Waals surface area contributed by atoms with Crippen molar-refractivity contribution in [3.05, 3.63) is 46.7 Å². The second kappa shape index (κ2) is 7.58. The number of hydrogen-bond acceptors (Lipinski definition) is 3. The van der Waals surface area contributed by atoms with Crippen molar-refractivity contribution in [1.82, 2.24) is 10.2 Å². The molecule has 0 spiro atoms. The second-order valence-corrected chi connectivity index (χ2v) is 6.41. The molecule has 0 radical (unpaired) electrons. The molecule has 0 aliphatic carbocycles. The van der Waals surface area contributed by atoms with Gasteiger partial charge in [0.15, 0.2) is 0 Å². The largest absolute Gasteiger partial charge is 0.311 e. The van der Waals surface area contributed by atoms with Crippen molar-refractivity contribution in [3.63, 3.8) is 0 Å². The number of likely N-dealkylation sites (N-methyl/N-ethyl adjacent to an activating group) is 1. The van der Waals surface area contributed by atoms with Crippen LogP contribution in [0.3, 0.4) is 0 Å². The first-order chi connectivity index (χ1) is 9.66. The molecule has 0 bridgehead atoms. The molecule has 2 aromatic rings. The number of benzene rings is 1. The van der Waals surface area contributed by atoms with Gasteiger partial charge in [-0.25, -0.2) is 0 Å². The third kappa shape index (κ3) is 4.44. The molecule has 2 nitrogen and oxygen atoms in total. The monoisotopic (exact) mass is 288 g/mol. The zero-order valence-electron chi connectivity index (χ0n) is 12.6. The summed E-state index contributed by atoms with van der Waals surface area (Å²) in [4.78, 5) is 3.76. The van der Waals surface area contributed by atoms with Crippen LogP contribution in [-0.4, -0.2) is 31.1 Å². The van der Waals surface area contributed by atoms with E-state index in [9.17, 15) is 0 Å². The Balaban J connectivity index is 1.79. The minimum atomic E-state index is 0.614. The van der Waals surface area contributed by atoms with Crippen molar-refractivity contribution in [2.24, 2.45) is 0 Å². The van der Waals surface area contributed by atoms with E-state index in [-0.39, 0.29) is 0 Å². The fraction of sp³-hybridized carbons (Fsp3) is 0.412. The molecule has 0 unspecified atom stereocenters. The predicted molar refractivity (Wildman–Crippen MR) is 89.2 cm³/mol. The lowest BCUT2D eigenvalue weighted by Crippen LogP contribution is -2.33. The maximum absolute atomic E-state index is 3.52. The molecule has 1 aromatic heterocycles. The van der Waals surface area contributed by atoms with E-state index in [2.05, 4.69) is 72.9 Å². The quantitative estimate of drug-likeness (QED) is 0.779. The Morgan fingerprint density at radius 3 is 2.60 bits per heavy atom. The summed E-state index contributed by atoms with van der Waals surface area (Å²) in [6.07, 6.45) is 0. The molecule has 108 valence electrons. The molecular formula is C17H24N2S. The number of nitrogens with zero attached hydrogens (tertiary/aromatic N) is 1. The molecule has 20 heavy (non-hydrogen) atoms. The van der Waals surface area contributed by atoms with Gasteiger partial charge >= 0.3 is 0 Å².